The van der Waals surface area contributed by atoms with Gasteiger partial charge in [-0.3, -0.25) is 19.4 Å². The van der Waals surface area contributed by atoms with Gasteiger partial charge in [0.1, 0.15) is 17.9 Å². The monoisotopic (exact) mass is 649 g/mol. The maximum atomic E-state index is 14.5. The molecule has 1 heterocycles. The molecule has 1 fully saturated rings. The average Bonchev–Trinajstić information content (AvgIpc) is 3.09. The summed E-state index contributed by atoms with van der Waals surface area (Å²) in [5.74, 6) is -1.42. The van der Waals surface area contributed by atoms with Gasteiger partial charge in [0.25, 0.3) is 0 Å². The third-order valence-corrected chi connectivity index (χ3v) is 9.40. The van der Waals surface area contributed by atoms with E-state index in [0.29, 0.717) is 24.9 Å². The molecule has 2 atom stereocenters. The van der Waals surface area contributed by atoms with E-state index in [1.807, 2.05) is 54.6 Å². The summed E-state index contributed by atoms with van der Waals surface area (Å²) < 4.78 is 13.8. The fourth-order valence-electron chi connectivity index (χ4n) is 6.11. The molecule has 0 bridgehead atoms. The molecule has 8 nitrogen and oxygen atoms in total. The van der Waals surface area contributed by atoms with Crippen molar-refractivity contribution in [1.82, 2.24) is 20.1 Å². The maximum absolute atomic E-state index is 14.5. The second-order valence-corrected chi connectivity index (χ2v) is 12.9. The first-order chi connectivity index (χ1) is 23.1. The molecular weight excluding hydrogens is 605 g/mol. The van der Waals surface area contributed by atoms with Crippen LogP contribution in [-0.2, 0) is 33.6 Å². The van der Waals surface area contributed by atoms with Crippen LogP contribution in [-0.4, -0.2) is 70.8 Å². The Balaban J connectivity index is 1.39. The second-order valence-electron chi connectivity index (χ2n) is 12.9. The van der Waals surface area contributed by atoms with E-state index >= 15 is 0 Å². The second kappa shape index (κ2) is 15.8. The Morgan fingerprint density at radius 3 is 2.23 bits per heavy atom. The molecule has 0 spiro atoms. The predicted octanol–water partition coefficient (Wildman–Crippen LogP) is 5.00. The van der Waals surface area contributed by atoms with E-state index in [4.69, 9.17) is 5.73 Å². The van der Waals surface area contributed by atoms with Crippen LogP contribution in [0.15, 0.2) is 103 Å². The smallest absolute Gasteiger partial charge is 0.246 e. The summed E-state index contributed by atoms with van der Waals surface area (Å²) in [7, 11) is 3.21. The number of nitrogens with zero attached hydrogens (tertiary/aromatic N) is 3. The summed E-state index contributed by atoms with van der Waals surface area (Å²) >= 11 is 0. The Bertz CT molecular complexity index is 1740. The number of pyridine rings is 1. The lowest BCUT2D eigenvalue weighted by Crippen LogP contribution is -2.56. The summed E-state index contributed by atoms with van der Waals surface area (Å²) in [5.41, 5.74) is 8.70. The Morgan fingerprint density at radius 2 is 1.54 bits per heavy atom. The van der Waals surface area contributed by atoms with Crippen LogP contribution < -0.4 is 11.1 Å². The topological polar surface area (TPSA) is 109 Å². The number of amides is 3. The zero-order chi connectivity index (χ0) is 34.1. The molecule has 1 saturated carbocycles. The number of halogens is 1. The molecule has 9 heteroatoms. The van der Waals surface area contributed by atoms with Crippen LogP contribution >= 0.6 is 0 Å². The number of rotatable bonds is 14. The van der Waals surface area contributed by atoms with Crippen molar-refractivity contribution in [3.8, 4) is 0 Å². The van der Waals surface area contributed by atoms with E-state index in [-0.39, 0.29) is 41.9 Å². The zero-order valence-electron chi connectivity index (χ0n) is 27.6. The fourth-order valence-corrected chi connectivity index (χ4v) is 6.11. The molecular formula is C39H44FN5O3. The minimum Gasteiger partial charge on any atom is -0.354 e. The molecule has 3 N–H and O–H groups in total. The van der Waals surface area contributed by atoms with Crippen molar-refractivity contribution in [2.24, 2.45) is 5.73 Å². The van der Waals surface area contributed by atoms with Crippen molar-refractivity contribution in [3.63, 3.8) is 0 Å². The van der Waals surface area contributed by atoms with Gasteiger partial charge in [-0.25, -0.2) is 4.39 Å². The first-order valence-corrected chi connectivity index (χ1v) is 16.5. The number of carbonyl (C=O) groups excluding carboxylic acids is 3. The minimum absolute atomic E-state index is 0.169. The lowest BCUT2D eigenvalue weighted by molar-refractivity contribution is -0.146. The largest absolute Gasteiger partial charge is 0.354 e. The molecule has 3 aromatic carbocycles. The van der Waals surface area contributed by atoms with Crippen LogP contribution in [0.25, 0.3) is 10.8 Å². The molecule has 0 saturated heterocycles. The average molecular weight is 650 g/mol. The van der Waals surface area contributed by atoms with Gasteiger partial charge < -0.3 is 20.9 Å². The van der Waals surface area contributed by atoms with Crippen LogP contribution in [0.2, 0.25) is 0 Å². The first-order valence-electron chi connectivity index (χ1n) is 16.5. The van der Waals surface area contributed by atoms with Gasteiger partial charge in [-0.1, -0.05) is 60.7 Å². The number of fused-ring (bicyclic) bond motifs is 1. The fraction of sp³-hybridized carbons (Fsp3) is 0.333. The predicted molar refractivity (Wildman–Crippen MR) is 186 cm³/mol. The van der Waals surface area contributed by atoms with Gasteiger partial charge in [0.05, 0.1) is 0 Å². The SMILES string of the molecule is CN(C(=O)C=CCC1(N)CCC1)[C@H](Cc1ccc2ccccc2c1)C(=O)N(C)[C@H](Cc1ccc(F)cc1)C(=O)NCCc1ccncc1. The van der Waals surface area contributed by atoms with Gasteiger partial charge in [0.15, 0.2) is 0 Å². The Morgan fingerprint density at radius 1 is 0.875 bits per heavy atom. The molecule has 0 aliphatic heterocycles. The Kier molecular flexibility index (Phi) is 11.3. The standard InChI is InChI=1S/C39H44FN5O3/c1-44(36(46)9-5-19-39(41)20-6-21-39)35(27-30-10-13-31-7-3-4-8-32(31)25-30)38(48)45(2)34(26-29-11-14-33(40)15-12-29)37(47)43-24-18-28-16-22-42-23-17-28/h3-5,7-17,22-23,25,34-35H,6,18-21,24,26-27,41H2,1-2H3,(H,43,47)/t34-,35-/m1/s1. The number of hydrogen-bond donors (Lipinski definition) is 2. The quantitative estimate of drug-likeness (QED) is 0.187. The normalized spacial score (nSPS) is 15.0. The van der Waals surface area contributed by atoms with Crippen molar-refractivity contribution >= 4 is 28.5 Å². The highest BCUT2D eigenvalue weighted by Gasteiger charge is 2.35. The highest BCUT2D eigenvalue weighted by molar-refractivity contribution is 5.95. The van der Waals surface area contributed by atoms with Gasteiger partial charge in [-0.15, -0.1) is 0 Å². The van der Waals surface area contributed by atoms with Gasteiger partial charge in [-0.05, 0) is 89.9 Å². The third-order valence-electron chi connectivity index (χ3n) is 9.40. The molecule has 1 aliphatic carbocycles. The van der Waals surface area contributed by atoms with Gasteiger partial charge in [0, 0.05) is 51.4 Å². The Labute approximate surface area is 281 Å². The maximum Gasteiger partial charge on any atom is 0.246 e. The molecule has 0 unspecified atom stereocenters. The summed E-state index contributed by atoms with van der Waals surface area (Å²) in [6.45, 7) is 0.358. The van der Waals surface area contributed by atoms with Crippen LogP contribution in [0.5, 0.6) is 0 Å². The van der Waals surface area contributed by atoms with Crippen molar-refractivity contribution in [2.45, 2.75) is 62.6 Å². The highest BCUT2D eigenvalue weighted by atomic mass is 19.1. The third kappa shape index (κ3) is 8.92. The summed E-state index contributed by atoms with van der Waals surface area (Å²) in [5, 5.41) is 5.08. The highest BCUT2D eigenvalue weighted by Crippen LogP contribution is 2.32. The van der Waals surface area contributed by atoms with E-state index in [9.17, 15) is 18.8 Å². The zero-order valence-corrected chi connectivity index (χ0v) is 27.6. The van der Waals surface area contributed by atoms with Gasteiger partial charge in [0.2, 0.25) is 17.7 Å². The number of nitrogens with two attached hydrogens (primary N) is 1. The number of likely N-dealkylation sites (N-methyl/N-ethyl adjacent to an activating group) is 2. The molecule has 250 valence electrons. The lowest BCUT2D eigenvalue weighted by Gasteiger charge is -2.37. The first kappa shape index (κ1) is 34.4. The van der Waals surface area contributed by atoms with Crippen molar-refractivity contribution in [2.75, 3.05) is 20.6 Å². The molecule has 5 rings (SSSR count). The number of hydrogen-bond acceptors (Lipinski definition) is 5. The summed E-state index contributed by atoms with van der Waals surface area (Å²) in [6.07, 6.45) is 11.2. The molecule has 3 amide bonds. The van der Waals surface area contributed by atoms with Crippen molar-refractivity contribution < 1.29 is 18.8 Å². The van der Waals surface area contributed by atoms with Crippen LogP contribution in [0.3, 0.4) is 0 Å². The Hall–Kier alpha value is -4.89. The molecule has 1 aliphatic rings. The molecule has 48 heavy (non-hydrogen) atoms. The van der Waals surface area contributed by atoms with Gasteiger partial charge >= 0.3 is 0 Å². The van der Waals surface area contributed by atoms with Crippen LogP contribution in [0.4, 0.5) is 4.39 Å². The van der Waals surface area contributed by atoms with E-state index < -0.39 is 12.1 Å². The van der Waals surface area contributed by atoms with Gasteiger partial charge in [-0.2, -0.15) is 0 Å². The van der Waals surface area contributed by atoms with Crippen molar-refractivity contribution in [3.05, 3.63) is 126 Å². The number of carbonyl (C=O) groups is 3. The van der Waals surface area contributed by atoms with E-state index in [1.165, 1.54) is 28.0 Å². The number of aromatic nitrogens is 1. The molecule has 0 radical (unpaired) electrons. The minimum atomic E-state index is -0.908. The summed E-state index contributed by atoms with van der Waals surface area (Å²) in [6, 6.07) is 21.8. The van der Waals surface area contributed by atoms with Crippen LogP contribution in [0, 0.1) is 5.82 Å². The number of nitrogens with one attached hydrogen (secondary N) is 1. The number of benzene rings is 3. The van der Waals surface area contributed by atoms with E-state index in [2.05, 4.69) is 10.3 Å². The molecule has 1 aromatic heterocycles. The lowest BCUT2D eigenvalue weighted by atomic mass is 9.75. The molecule has 4 aromatic rings. The van der Waals surface area contributed by atoms with Crippen molar-refractivity contribution in [1.29, 1.82) is 0 Å². The van der Waals surface area contributed by atoms with Crippen LogP contribution in [0.1, 0.15) is 42.4 Å². The van der Waals surface area contributed by atoms with E-state index in [0.717, 1.165) is 41.2 Å². The summed E-state index contributed by atoms with van der Waals surface area (Å²) in [4.78, 5) is 48.7. The van der Waals surface area contributed by atoms with E-state index in [1.54, 1.807) is 44.7 Å².